The van der Waals surface area contributed by atoms with Gasteiger partial charge in [-0.1, -0.05) is 5.21 Å². The molecular weight excluding hydrogens is 276 g/mol. The average Bonchev–Trinajstić information content (AvgIpc) is 2.74. The molecule has 0 aliphatic rings. The van der Waals surface area contributed by atoms with Gasteiger partial charge in [0.25, 0.3) is 0 Å². The van der Waals surface area contributed by atoms with E-state index in [0.29, 0.717) is 18.7 Å². The molecule has 0 aliphatic heterocycles. The van der Waals surface area contributed by atoms with E-state index in [1.807, 2.05) is 0 Å². The van der Waals surface area contributed by atoms with E-state index < -0.39 is 16.0 Å². The summed E-state index contributed by atoms with van der Waals surface area (Å²) in [6.07, 6.45) is 1.78. The zero-order valence-corrected chi connectivity index (χ0v) is 11.3. The van der Waals surface area contributed by atoms with Crippen molar-refractivity contribution >= 4 is 16.0 Å². The van der Waals surface area contributed by atoms with Crippen molar-refractivity contribution in [1.29, 1.82) is 0 Å². The van der Waals surface area contributed by atoms with Gasteiger partial charge in [-0.25, -0.2) is 17.8 Å². The Labute approximate surface area is 110 Å². The number of carboxylic acids is 1. The molecule has 0 saturated heterocycles. The molecule has 2 N–H and O–H groups in total. The second kappa shape index (κ2) is 7.16. The van der Waals surface area contributed by atoms with Gasteiger partial charge in [0.2, 0.25) is 10.0 Å². The van der Waals surface area contributed by atoms with E-state index in [9.17, 15) is 13.2 Å². The molecule has 0 amide bonds. The van der Waals surface area contributed by atoms with Crippen LogP contribution in [0.1, 0.15) is 12.1 Å². The number of sulfonamides is 1. The van der Waals surface area contributed by atoms with Crippen LogP contribution in [0.5, 0.6) is 0 Å². The molecule has 1 heterocycles. The summed E-state index contributed by atoms with van der Waals surface area (Å²) in [6.45, 7) is 0.0399. The minimum Gasteiger partial charge on any atom is -0.480 e. The number of aliphatic carboxylic acids is 1. The fraction of sp³-hybridized carbons (Fsp3) is 0.667. The Bertz CT molecular complexity index is 512. The summed E-state index contributed by atoms with van der Waals surface area (Å²) in [7, 11) is -1.89. The fourth-order valence-electron chi connectivity index (χ4n) is 1.28. The first-order chi connectivity index (χ1) is 8.93. The second-order valence-electron chi connectivity index (χ2n) is 3.79. The van der Waals surface area contributed by atoms with Crippen molar-refractivity contribution in [3.8, 4) is 0 Å². The number of hydrogen-bond acceptors (Lipinski definition) is 6. The Morgan fingerprint density at radius 2 is 2.32 bits per heavy atom. The summed E-state index contributed by atoms with van der Waals surface area (Å²) >= 11 is 0. The van der Waals surface area contributed by atoms with Gasteiger partial charge in [-0.15, -0.1) is 5.10 Å². The highest BCUT2D eigenvalue weighted by Gasteiger charge is 2.11. The molecule has 0 radical (unpaired) electrons. The lowest BCUT2D eigenvalue weighted by atomic mass is 10.5. The zero-order valence-electron chi connectivity index (χ0n) is 10.4. The first-order valence-electron chi connectivity index (χ1n) is 5.50. The maximum atomic E-state index is 11.5. The predicted molar refractivity (Wildman–Crippen MR) is 64.8 cm³/mol. The molecular formula is C9H16N4O5S. The van der Waals surface area contributed by atoms with E-state index in [1.165, 1.54) is 13.3 Å². The van der Waals surface area contributed by atoms with Crippen molar-refractivity contribution in [1.82, 2.24) is 19.7 Å². The maximum Gasteiger partial charge on any atom is 0.325 e. The van der Waals surface area contributed by atoms with Gasteiger partial charge < -0.3 is 9.84 Å². The fourth-order valence-corrected chi connectivity index (χ4v) is 2.29. The van der Waals surface area contributed by atoms with Gasteiger partial charge in [0.15, 0.2) is 0 Å². The third-order valence-corrected chi connectivity index (χ3v) is 3.53. The Kier molecular flexibility index (Phi) is 5.86. The van der Waals surface area contributed by atoms with Gasteiger partial charge in [-0.2, -0.15) is 0 Å². The van der Waals surface area contributed by atoms with Crippen molar-refractivity contribution in [2.24, 2.45) is 0 Å². The maximum absolute atomic E-state index is 11.5. The van der Waals surface area contributed by atoms with Crippen LogP contribution in [-0.4, -0.2) is 54.0 Å². The second-order valence-corrected chi connectivity index (χ2v) is 5.71. The number of rotatable bonds is 9. The SMILES string of the molecule is COCCCS(=O)(=O)NCc1cn(CC(=O)O)nn1. The van der Waals surface area contributed by atoms with Crippen LogP contribution in [0.25, 0.3) is 0 Å². The van der Waals surface area contributed by atoms with E-state index in [1.54, 1.807) is 0 Å². The Hall–Kier alpha value is -1.52. The number of carboxylic acid groups (broad SMARTS) is 1. The lowest BCUT2D eigenvalue weighted by molar-refractivity contribution is -0.137. The molecule has 0 fully saturated rings. The number of ether oxygens (including phenoxy) is 1. The van der Waals surface area contributed by atoms with Crippen LogP contribution in [0.15, 0.2) is 6.20 Å². The van der Waals surface area contributed by atoms with E-state index in [0.717, 1.165) is 4.68 Å². The highest BCUT2D eigenvalue weighted by Crippen LogP contribution is 1.96. The zero-order chi connectivity index (χ0) is 14.3. The minimum absolute atomic E-state index is 0.0189. The predicted octanol–water partition coefficient (Wildman–Crippen LogP) is -1.18. The van der Waals surface area contributed by atoms with Crippen molar-refractivity contribution in [2.45, 2.75) is 19.5 Å². The molecule has 1 rings (SSSR count). The van der Waals surface area contributed by atoms with Crippen molar-refractivity contribution in [3.05, 3.63) is 11.9 Å². The highest BCUT2D eigenvalue weighted by atomic mass is 32.2. The summed E-state index contributed by atoms with van der Waals surface area (Å²) in [6, 6.07) is 0. The summed E-state index contributed by atoms with van der Waals surface area (Å²) in [5.41, 5.74) is 0.358. The monoisotopic (exact) mass is 292 g/mol. The Morgan fingerprint density at radius 3 is 2.95 bits per heavy atom. The lowest BCUT2D eigenvalue weighted by Crippen LogP contribution is -2.26. The quantitative estimate of drug-likeness (QED) is 0.549. The van der Waals surface area contributed by atoms with Crippen molar-refractivity contribution < 1.29 is 23.1 Å². The molecule has 0 unspecified atom stereocenters. The van der Waals surface area contributed by atoms with Crippen LogP contribution in [0.2, 0.25) is 0 Å². The molecule has 108 valence electrons. The number of hydrogen-bond donors (Lipinski definition) is 2. The summed E-state index contributed by atoms with van der Waals surface area (Å²) in [5, 5.41) is 15.8. The van der Waals surface area contributed by atoms with Gasteiger partial charge in [-0.3, -0.25) is 4.79 Å². The Morgan fingerprint density at radius 1 is 1.58 bits per heavy atom. The minimum atomic E-state index is -3.39. The number of methoxy groups -OCH3 is 1. The van der Waals surface area contributed by atoms with Crippen LogP contribution in [0.3, 0.4) is 0 Å². The molecule has 0 spiro atoms. The normalized spacial score (nSPS) is 11.6. The van der Waals surface area contributed by atoms with Crippen molar-refractivity contribution in [3.63, 3.8) is 0 Å². The number of nitrogens with zero attached hydrogens (tertiary/aromatic N) is 3. The van der Waals surface area contributed by atoms with Gasteiger partial charge >= 0.3 is 5.97 Å². The third-order valence-electron chi connectivity index (χ3n) is 2.12. The molecule has 10 heteroatoms. The summed E-state index contributed by atoms with van der Waals surface area (Å²) in [4.78, 5) is 10.4. The first kappa shape index (κ1) is 15.5. The van der Waals surface area contributed by atoms with E-state index >= 15 is 0 Å². The average molecular weight is 292 g/mol. The first-order valence-corrected chi connectivity index (χ1v) is 7.15. The van der Waals surface area contributed by atoms with Crippen LogP contribution in [0.4, 0.5) is 0 Å². The van der Waals surface area contributed by atoms with Gasteiger partial charge in [0.05, 0.1) is 24.2 Å². The van der Waals surface area contributed by atoms with Crippen LogP contribution in [0, 0.1) is 0 Å². The standard InChI is InChI=1S/C9H16N4O5S/c1-18-3-2-4-19(16,17)10-5-8-6-13(12-11-8)7-9(14)15/h6,10H,2-5,7H2,1H3,(H,14,15). The van der Waals surface area contributed by atoms with Gasteiger partial charge in [-0.05, 0) is 6.42 Å². The summed E-state index contributed by atoms with van der Waals surface area (Å²) in [5.74, 6) is -1.08. The molecule has 0 saturated carbocycles. The molecule has 0 aliphatic carbocycles. The molecule has 19 heavy (non-hydrogen) atoms. The van der Waals surface area contributed by atoms with E-state index in [2.05, 4.69) is 15.0 Å². The van der Waals surface area contributed by atoms with E-state index in [-0.39, 0.29) is 18.8 Å². The molecule has 0 aromatic carbocycles. The molecule has 1 aromatic heterocycles. The highest BCUT2D eigenvalue weighted by molar-refractivity contribution is 7.89. The number of aromatic nitrogens is 3. The van der Waals surface area contributed by atoms with Gasteiger partial charge in [0, 0.05) is 13.7 Å². The third kappa shape index (κ3) is 6.27. The van der Waals surface area contributed by atoms with Crippen LogP contribution in [-0.2, 0) is 32.6 Å². The number of carbonyl (C=O) groups is 1. The van der Waals surface area contributed by atoms with E-state index in [4.69, 9.17) is 9.84 Å². The topological polar surface area (TPSA) is 123 Å². The largest absolute Gasteiger partial charge is 0.480 e. The molecule has 0 atom stereocenters. The number of nitrogens with one attached hydrogen (secondary N) is 1. The van der Waals surface area contributed by atoms with Crippen LogP contribution >= 0.6 is 0 Å². The summed E-state index contributed by atoms with van der Waals surface area (Å²) < 4.78 is 31.3. The van der Waals surface area contributed by atoms with Crippen LogP contribution < -0.4 is 4.72 Å². The lowest BCUT2D eigenvalue weighted by Gasteiger charge is -2.04. The smallest absolute Gasteiger partial charge is 0.325 e. The van der Waals surface area contributed by atoms with Crippen molar-refractivity contribution in [2.75, 3.05) is 19.5 Å². The molecule has 0 bridgehead atoms. The molecule has 1 aromatic rings. The van der Waals surface area contributed by atoms with Gasteiger partial charge in [0.1, 0.15) is 6.54 Å². The molecule has 9 nitrogen and oxygen atoms in total. The Balaban J connectivity index is 2.43.